The molecule has 0 aliphatic rings. The molecule has 0 amide bonds. The topological polar surface area (TPSA) is 63.6 Å². The standard InChI is InChI=1S/C20H34O4/c1-4-5-6-7-8-9-10-11-12-13-14-15-24-20(23)18(3)16-17(2)19(21)22/h16H,3-15H2,1-2H3,(H,21,22)/b17-16+. The van der Waals surface area contributed by atoms with Crippen molar-refractivity contribution in [1.29, 1.82) is 0 Å². The summed E-state index contributed by atoms with van der Waals surface area (Å²) in [6, 6.07) is 0. The maximum absolute atomic E-state index is 11.6. The van der Waals surface area contributed by atoms with Crippen molar-refractivity contribution in [3.63, 3.8) is 0 Å². The predicted octanol–water partition coefficient (Wildman–Crippen LogP) is 5.43. The molecular weight excluding hydrogens is 304 g/mol. The third-order valence-electron chi connectivity index (χ3n) is 3.97. The Hall–Kier alpha value is -1.58. The summed E-state index contributed by atoms with van der Waals surface area (Å²) in [6.45, 7) is 7.57. The van der Waals surface area contributed by atoms with Gasteiger partial charge in [-0.15, -0.1) is 0 Å². The lowest BCUT2D eigenvalue weighted by molar-refractivity contribution is -0.138. The number of hydrogen-bond acceptors (Lipinski definition) is 3. The molecule has 0 rings (SSSR count). The van der Waals surface area contributed by atoms with E-state index in [1.807, 2.05) is 0 Å². The summed E-state index contributed by atoms with van der Waals surface area (Å²) in [5.74, 6) is -1.60. The van der Waals surface area contributed by atoms with Gasteiger partial charge in [-0.3, -0.25) is 0 Å². The van der Waals surface area contributed by atoms with Crippen LogP contribution in [0.1, 0.15) is 84.5 Å². The van der Waals surface area contributed by atoms with Crippen LogP contribution in [-0.4, -0.2) is 23.7 Å². The SMILES string of the molecule is C=C(/C=C(\C)C(=O)O)C(=O)OCCCCCCCCCCCCC. The highest BCUT2D eigenvalue weighted by atomic mass is 16.5. The van der Waals surface area contributed by atoms with Crippen molar-refractivity contribution in [2.45, 2.75) is 84.5 Å². The van der Waals surface area contributed by atoms with E-state index in [9.17, 15) is 9.59 Å². The van der Waals surface area contributed by atoms with Gasteiger partial charge in [-0.1, -0.05) is 77.7 Å². The number of unbranched alkanes of at least 4 members (excludes halogenated alkanes) is 10. The van der Waals surface area contributed by atoms with Crippen molar-refractivity contribution < 1.29 is 19.4 Å². The minimum absolute atomic E-state index is 0.0756. The van der Waals surface area contributed by atoms with Gasteiger partial charge in [-0.2, -0.15) is 0 Å². The Labute approximate surface area is 147 Å². The normalized spacial score (nSPS) is 11.3. The number of hydrogen-bond donors (Lipinski definition) is 1. The van der Waals surface area contributed by atoms with E-state index in [0.717, 1.165) is 12.8 Å². The number of carboxylic acid groups (broad SMARTS) is 1. The van der Waals surface area contributed by atoms with Crippen LogP contribution in [0.4, 0.5) is 0 Å². The average molecular weight is 338 g/mol. The molecule has 0 saturated carbocycles. The summed E-state index contributed by atoms with van der Waals surface area (Å²) in [6.07, 6.45) is 14.9. The Morgan fingerprint density at radius 3 is 1.83 bits per heavy atom. The molecule has 0 atom stereocenters. The van der Waals surface area contributed by atoms with Gasteiger partial charge in [0.1, 0.15) is 0 Å². The summed E-state index contributed by atoms with van der Waals surface area (Å²) < 4.78 is 5.09. The smallest absolute Gasteiger partial charge is 0.337 e. The molecule has 0 aromatic heterocycles. The molecule has 0 unspecified atom stereocenters. The number of carbonyl (C=O) groups is 2. The van der Waals surface area contributed by atoms with Gasteiger partial charge in [0.05, 0.1) is 12.2 Å². The van der Waals surface area contributed by atoms with Gasteiger partial charge in [-0.05, 0) is 19.4 Å². The molecule has 0 aromatic carbocycles. The Balaban J connectivity index is 3.50. The molecule has 0 aromatic rings. The zero-order valence-corrected chi connectivity index (χ0v) is 15.4. The lowest BCUT2D eigenvalue weighted by Crippen LogP contribution is -2.08. The Kier molecular flexibility index (Phi) is 14.0. The molecule has 24 heavy (non-hydrogen) atoms. The lowest BCUT2D eigenvalue weighted by atomic mass is 10.1. The van der Waals surface area contributed by atoms with Crippen LogP contribution < -0.4 is 0 Å². The Morgan fingerprint density at radius 1 is 0.917 bits per heavy atom. The van der Waals surface area contributed by atoms with Crippen LogP contribution >= 0.6 is 0 Å². The zero-order valence-electron chi connectivity index (χ0n) is 15.4. The van der Waals surface area contributed by atoms with E-state index in [1.54, 1.807) is 0 Å². The van der Waals surface area contributed by atoms with Crippen LogP contribution in [0.15, 0.2) is 23.8 Å². The van der Waals surface area contributed by atoms with Gasteiger partial charge in [0.2, 0.25) is 0 Å². The highest BCUT2D eigenvalue weighted by molar-refractivity contribution is 5.94. The van der Waals surface area contributed by atoms with Crippen molar-refractivity contribution in [2.24, 2.45) is 0 Å². The van der Waals surface area contributed by atoms with Crippen LogP contribution in [0, 0.1) is 0 Å². The molecule has 4 nitrogen and oxygen atoms in total. The average Bonchev–Trinajstić information content (AvgIpc) is 2.55. The number of ether oxygens (including phenoxy) is 1. The largest absolute Gasteiger partial charge is 0.478 e. The molecule has 0 aliphatic carbocycles. The summed E-state index contributed by atoms with van der Waals surface area (Å²) in [5, 5.41) is 8.74. The zero-order chi connectivity index (χ0) is 18.2. The second kappa shape index (κ2) is 15.0. The molecular formula is C20H34O4. The fourth-order valence-electron chi connectivity index (χ4n) is 2.41. The molecule has 138 valence electrons. The lowest BCUT2D eigenvalue weighted by Gasteiger charge is -2.05. The second-order valence-corrected chi connectivity index (χ2v) is 6.33. The molecule has 1 N–H and O–H groups in total. The van der Waals surface area contributed by atoms with E-state index in [2.05, 4.69) is 13.5 Å². The van der Waals surface area contributed by atoms with Crippen LogP contribution in [0.3, 0.4) is 0 Å². The van der Waals surface area contributed by atoms with Crippen molar-refractivity contribution in [1.82, 2.24) is 0 Å². The quantitative estimate of drug-likeness (QED) is 0.187. The summed E-state index contributed by atoms with van der Waals surface area (Å²) >= 11 is 0. The van der Waals surface area contributed by atoms with E-state index < -0.39 is 11.9 Å². The van der Waals surface area contributed by atoms with E-state index in [1.165, 1.54) is 70.8 Å². The molecule has 0 heterocycles. The van der Waals surface area contributed by atoms with E-state index in [-0.39, 0.29) is 11.1 Å². The first-order chi connectivity index (χ1) is 11.5. The fourth-order valence-corrected chi connectivity index (χ4v) is 2.41. The minimum atomic E-state index is -1.06. The highest BCUT2D eigenvalue weighted by Crippen LogP contribution is 2.11. The van der Waals surface area contributed by atoms with Crippen molar-refractivity contribution in [3.05, 3.63) is 23.8 Å². The maximum Gasteiger partial charge on any atom is 0.337 e. The van der Waals surface area contributed by atoms with Crippen LogP contribution in [0.25, 0.3) is 0 Å². The molecule has 0 spiro atoms. The van der Waals surface area contributed by atoms with E-state index in [0.29, 0.717) is 6.61 Å². The van der Waals surface area contributed by atoms with Crippen LogP contribution in [0.2, 0.25) is 0 Å². The molecule has 0 radical (unpaired) electrons. The highest BCUT2D eigenvalue weighted by Gasteiger charge is 2.08. The predicted molar refractivity (Wildman–Crippen MR) is 98.0 cm³/mol. The van der Waals surface area contributed by atoms with Gasteiger partial charge in [0, 0.05) is 5.57 Å². The molecule has 4 heteroatoms. The van der Waals surface area contributed by atoms with Crippen LogP contribution in [-0.2, 0) is 14.3 Å². The second-order valence-electron chi connectivity index (χ2n) is 6.33. The van der Waals surface area contributed by atoms with Crippen molar-refractivity contribution in [2.75, 3.05) is 6.61 Å². The molecule has 0 aliphatic heterocycles. The summed E-state index contributed by atoms with van der Waals surface area (Å²) in [7, 11) is 0. The first kappa shape index (κ1) is 22.4. The van der Waals surface area contributed by atoms with E-state index >= 15 is 0 Å². The summed E-state index contributed by atoms with van der Waals surface area (Å²) in [5.41, 5.74) is 0.157. The Bertz CT molecular complexity index is 410. The number of carbonyl (C=O) groups excluding carboxylic acids is 1. The summed E-state index contributed by atoms with van der Waals surface area (Å²) in [4.78, 5) is 22.3. The minimum Gasteiger partial charge on any atom is -0.478 e. The monoisotopic (exact) mass is 338 g/mol. The number of carboxylic acids is 1. The van der Waals surface area contributed by atoms with Gasteiger partial charge >= 0.3 is 11.9 Å². The number of esters is 1. The number of rotatable bonds is 15. The van der Waals surface area contributed by atoms with Crippen molar-refractivity contribution in [3.8, 4) is 0 Å². The number of aliphatic carboxylic acids is 1. The van der Waals surface area contributed by atoms with Crippen LogP contribution in [0.5, 0.6) is 0 Å². The van der Waals surface area contributed by atoms with Gasteiger partial charge in [0.25, 0.3) is 0 Å². The van der Waals surface area contributed by atoms with Gasteiger partial charge in [0.15, 0.2) is 0 Å². The third kappa shape index (κ3) is 12.9. The first-order valence-corrected chi connectivity index (χ1v) is 9.26. The van der Waals surface area contributed by atoms with Gasteiger partial charge < -0.3 is 9.84 Å². The first-order valence-electron chi connectivity index (χ1n) is 9.26. The molecule has 0 fully saturated rings. The van der Waals surface area contributed by atoms with Crippen molar-refractivity contribution >= 4 is 11.9 Å². The van der Waals surface area contributed by atoms with Gasteiger partial charge in [-0.25, -0.2) is 9.59 Å². The third-order valence-corrected chi connectivity index (χ3v) is 3.97. The maximum atomic E-state index is 11.6. The Morgan fingerprint density at radius 2 is 1.38 bits per heavy atom. The molecule has 0 saturated heterocycles. The van der Waals surface area contributed by atoms with E-state index in [4.69, 9.17) is 9.84 Å². The fraction of sp³-hybridized carbons (Fsp3) is 0.700. The molecule has 0 bridgehead atoms.